The number of ether oxygens (including phenoxy) is 4. The molecule has 4 heterocycles. The van der Waals surface area contributed by atoms with Crippen molar-refractivity contribution in [3.63, 3.8) is 0 Å². The molecule has 0 radical (unpaired) electrons. The molecule has 2 fully saturated rings. The number of fused-ring (bicyclic) bond motifs is 1. The van der Waals surface area contributed by atoms with Crippen LogP contribution in [0.15, 0.2) is 47.8 Å². The predicted molar refractivity (Wildman–Crippen MR) is 121 cm³/mol. The van der Waals surface area contributed by atoms with Gasteiger partial charge in [0.2, 0.25) is 0 Å². The smallest absolute Gasteiger partial charge is 0.322 e. The molecule has 2 aliphatic rings. The molecule has 2 aromatic heterocycles. The number of aromatic amines is 1. The van der Waals surface area contributed by atoms with E-state index in [9.17, 15) is 4.55 Å². The Morgan fingerprint density at radius 2 is 1.94 bits per heavy atom. The van der Waals surface area contributed by atoms with Crippen LogP contribution in [0, 0.1) is 5.92 Å². The summed E-state index contributed by atoms with van der Waals surface area (Å²) < 4.78 is 36.1. The fraction of sp³-hybridized carbons (Fsp3) is 0.455. The number of rotatable bonds is 6. The average molecular weight is 468 g/mol. The molecule has 2 aliphatic heterocycles. The van der Waals surface area contributed by atoms with Crippen molar-refractivity contribution in [3.05, 3.63) is 48.3 Å². The monoisotopic (exact) mass is 467 g/mol. The Hall–Kier alpha value is -1.17. The zero-order chi connectivity index (χ0) is 21.1. The molecule has 1 unspecified atom stereocenters. The maximum absolute atomic E-state index is 12.7. The van der Waals surface area contributed by atoms with Gasteiger partial charge in [-0.25, -0.2) is 0 Å². The minimum Gasteiger partial charge on any atom is -0.609 e. The Morgan fingerprint density at radius 3 is 2.72 bits per heavy atom. The molecule has 1 aromatic carbocycles. The number of pyridine rings is 1. The Labute approximate surface area is 211 Å². The second-order valence-electron chi connectivity index (χ2n) is 7.85. The van der Waals surface area contributed by atoms with Crippen LogP contribution in [0.2, 0.25) is 0 Å². The van der Waals surface area contributed by atoms with Gasteiger partial charge in [-0.2, -0.15) is 4.98 Å². The van der Waals surface area contributed by atoms with Gasteiger partial charge in [0.25, 0.3) is 0 Å². The summed E-state index contributed by atoms with van der Waals surface area (Å²) in [5.74, 6) is 0.643. The second-order valence-corrected chi connectivity index (χ2v) is 9.22. The van der Waals surface area contributed by atoms with Crippen LogP contribution in [0.1, 0.15) is 18.5 Å². The first-order valence-electron chi connectivity index (χ1n) is 10.5. The van der Waals surface area contributed by atoms with Gasteiger partial charge < -0.3 is 23.5 Å². The summed E-state index contributed by atoms with van der Waals surface area (Å²) in [5, 5.41) is 0.452. The van der Waals surface area contributed by atoms with Crippen LogP contribution in [0.25, 0.3) is 11.0 Å². The summed E-state index contributed by atoms with van der Waals surface area (Å²) >= 11 is -1.32. The first-order valence-corrected chi connectivity index (χ1v) is 11.8. The van der Waals surface area contributed by atoms with E-state index in [4.69, 9.17) is 18.9 Å². The van der Waals surface area contributed by atoms with E-state index in [1.807, 2.05) is 30.3 Å². The number of hydrogen-bond donors (Lipinski definition) is 1. The molecule has 3 aromatic rings. The number of H-pyrrole nitrogens is 1. The zero-order valence-corrected chi connectivity index (χ0v) is 17.9. The number of benzene rings is 1. The summed E-state index contributed by atoms with van der Waals surface area (Å²) in [4.78, 5) is 11.9. The van der Waals surface area contributed by atoms with E-state index in [2.05, 4.69) is 15.0 Å². The number of para-hydroxylation sites is 2. The largest absolute Gasteiger partial charge is 0.609 e. The van der Waals surface area contributed by atoms with Crippen LogP contribution in [0.3, 0.4) is 0 Å². The van der Waals surface area contributed by atoms with E-state index in [-0.39, 0.29) is 41.2 Å². The van der Waals surface area contributed by atoms with Gasteiger partial charge in [-0.15, -0.1) is 0 Å². The van der Waals surface area contributed by atoms with Gasteiger partial charge in [0, 0.05) is 42.2 Å². The zero-order valence-electron chi connectivity index (χ0n) is 17.1. The molecule has 1 spiro atoms. The molecule has 32 heavy (non-hydrogen) atoms. The van der Waals surface area contributed by atoms with Crippen molar-refractivity contribution < 1.29 is 23.5 Å². The van der Waals surface area contributed by atoms with E-state index in [0.29, 0.717) is 49.6 Å². The Kier molecular flexibility index (Phi) is 8.12. The standard InChI is InChI=1S/C22H25N3O5S.Na.H/c26-31(21-24-19-3-1-2-4-20(19)25-21)15-17-11-18(5-8-23-17)28-12-16-13-29-22(30-14-16)6-9-27-10-7-22;;/h1-5,8,11,16H,6-7,9-10,12-15H2,(H,24,25);;. The Morgan fingerprint density at radius 1 is 1.16 bits per heavy atom. The molecule has 0 aliphatic carbocycles. The Bertz CT molecular complexity index is 986. The van der Waals surface area contributed by atoms with Gasteiger partial charge in [0.15, 0.2) is 11.5 Å². The molecule has 1 atom stereocenters. The Balaban J connectivity index is 0.00000245. The maximum Gasteiger partial charge on any atom is 0.322 e. The van der Waals surface area contributed by atoms with Gasteiger partial charge in [-0.3, -0.25) is 9.97 Å². The van der Waals surface area contributed by atoms with E-state index >= 15 is 0 Å². The van der Waals surface area contributed by atoms with Crippen LogP contribution in [0.5, 0.6) is 5.75 Å². The molecular formula is C22H26N3NaO5S. The molecule has 2 saturated heterocycles. The molecule has 0 amide bonds. The third-order valence-electron chi connectivity index (χ3n) is 5.55. The van der Waals surface area contributed by atoms with Gasteiger partial charge >= 0.3 is 34.7 Å². The molecule has 0 saturated carbocycles. The fourth-order valence-electron chi connectivity index (χ4n) is 3.78. The fourth-order valence-corrected chi connectivity index (χ4v) is 4.76. The number of imidazole rings is 1. The molecule has 5 rings (SSSR count). The van der Waals surface area contributed by atoms with Gasteiger partial charge in [0.1, 0.15) is 5.75 Å². The molecule has 0 bridgehead atoms. The summed E-state index contributed by atoms with van der Waals surface area (Å²) in [5.41, 5.74) is 2.36. The average Bonchev–Trinajstić information content (AvgIpc) is 3.24. The normalized spacial score (nSPS) is 19.5. The molecule has 8 nitrogen and oxygen atoms in total. The van der Waals surface area contributed by atoms with Crippen LogP contribution in [-0.2, 0) is 31.1 Å². The van der Waals surface area contributed by atoms with Crippen molar-refractivity contribution in [2.75, 3.05) is 33.0 Å². The van der Waals surface area contributed by atoms with E-state index in [0.717, 1.165) is 23.9 Å². The van der Waals surface area contributed by atoms with Crippen molar-refractivity contribution in [1.82, 2.24) is 15.0 Å². The van der Waals surface area contributed by atoms with E-state index < -0.39 is 17.0 Å². The first-order chi connectivity index (χ1) is 15.2. The van der Waals surface area contributed by atoms with E-state index in [1.165, 1.54) is 0 Å². The molecule has 1 N–H and O–H groups in total. The minimum absolute atomic E-state index is 0. The first kappa shape index (κ1) is 24.0. The molecule has 166 valence electrons. The van der Waals surface area contributed by atoms with Gasteiger partial charge in [-0.1, -0.05) is 12.1 Å². The summed E-state index contributed by atoms with van der Waals surface area (Å²) in [6, 6.07) is 11.3. The maximum atomic E-state index is 12.7. The predicted octanol–water partition coefficient (Wildman–Crippen LogP) is 2.17. The summed E-state index contributed by atoms with van der Waals surface area (Å²) in [6.45, 7) is 3.05. The van der Waals surface area contributed by atoms with E-state index in [1.54, 1.807) is 12.3 Å². The van der Waals surface area contributed by atoms with Crippen LogP contribution in [0.4, 0.5) is 0 Å². The van der Waals surface area contributed by atoms with Crippen molar-refractivity contribution >= 4 is 51.8 Å². The SMILES string of the molecule is [NaH].[O-][S+](Cc1cc(OCC2COC3(CCOCC3)OC2)ccn1)c1nc2ccccc2[nH]1. The quantitative estimate of drug-likeness (QED) is 0.438. The van der Waals surface area contributed by atoms with Crippen molar-refractivity contribution in [3.8, 4) is 5.75 Å². The van der Waals surface area contributed by atoms with Crippen molar-refractivity contribution in [2.24, 2.45) is 5.92 Å². The molecule has 10 heteroatoms. The third-order valence-corrected chi connectivity index (χ3v) is 6.74. The van der Waals surface area contributed by atoms with Crippen molar-refractivity contribution in [2.45, 2.75) is 29.5 Å². The van der Waals surface area contributed by atoms with Crippen LogP contribution in [-0.4, -0.2) is 87.9 Å². The summed E-state index contributed by atoms with van der Waals surface area (Å²) in [7, 11) is 0. The number of aromatic nitrogens is 3. The molecular weight excluding hydrogens is 441 g/mol. The van der Waals surface area contributed by atoms with Gasteiger partial charge in [-0.05, 0) is 18.2 Å². The van der Waals surface area contributed by atoms with Crippen LogP contribution >= 0.6 is 0 Å². The number of hydrogen-bond acceptors (Lipinski definition) is 7. The topological polar surface area (TPSA) is 102 Å². The van der Waals surface area contributed by atoms with Gasteiger partial charge in [0.05, 0.1) is 49.8 Å². The number of nitrogens with zero attached hydrogens (tertiary/aromatic N) is 2. The summed E-state index contributed by atoms with van der Waals surface area (Å²) in [6.07, 6.45) is 3.22. The third kappa shape index (κ3) is 5.66. The van der Waals surface area contributed by atoms with Crippen molar-refractivity contribution in [1.29, 1.82) is 0 Å². The minimum atomic E-state index is -1.32. The van der Waals surface area contributed by atoms with Crippen LogP contribution < -0.4 is 4.74 Å². The second kappa shape index (κ2) is 10.8. The number of nitrogens with one attached hydrogen (secondary N) is 1.